The van der Waals surface area contributed by atoms with Crippen LogP contribution in [0.2, 0.25) is 0 Å². The van der Waals surface area contributed by atoms with Crippen molar-refractivity contribution in [3.05, 3.63) is 231 Å². The van der Waals surface area contributed by atoms with Gasteiger partial charge in [0, 0.05) is 108 Å². The molecule has 0 aliphatic carbocycles. The van der Waals surface area contributed by atoms with Crippen LogP contribution in [-0.2, 0) is 0 Å². The zero-order chi connectivity index (χ0) is 47.0. The average molecular weight is 955 g/mol. The zero-order valence-electron chi connectivity index (χ0n) is 38.5. The van der Waals surface area contributed by atoms with E-state index in [2.05, 4.69) is 240 Å². The molecule has 4 heterocycles. The van der Waals surface area contributed by atoms with Crippen LogP contribution >= 0.6 is 22.7 Å². The highest BCUT2D eigenvalue weighted by Crippen LogP contribution is 2.47. The number of hydrogen-bond acceptors (Lipinski definition) is 6. The summed E-state index contributed by atoms with van der Waals surface area (Å²) in [4.78, 5) is 4.67. The molecule has 0 atom stereocenters. The van der Waals surface area contributed by atoms with Crippen LogP contribution in [0, 0.1) is 0 Å². The molecule has 336 valence electrons. The van der Waals surface area contributed by atoms with Gasteiger partial charge in [0.05, 0.1) is 0 Å². The van der Waals surface area contributed by atoms with Gasteiger partial charge < -0.3 is 18.6 Å². The number of para-hydroxylation sites is 2. The summed E-state index contributed by atoms with van der Waals surface area (Å²) in [5.41, 5.74) is 9.84. The summed E-state index contributed by atoms with van der Waals surface area (Å²) in [6.07, 6.45) is 0. The fourth-order valence-electron chi connectivity index (χ4n) is 11.4. The van der Waals surface area contributed by atoms with Gasteiger partial charge in [-0.05, 0) is 142 Å². The van der Waals surface area contributed by atoms with E-state index < -0.39 is 0 Å². The quantitative estimate of drug-likeness (QED) is 0.166. The Bertz CT molecular complexity index is 4580. The summed E-state index contributed by atoms with van der Waals surface area (Å²) >= 11 is 3.71. The fraction of sp³-hybridized carbons (Fsp3) is 0. The van der Waals surface area contributed by atoms with E-state index in [4.69, 9.17) is 8.83 Å². The van der Waals surface area contributed by atoms with Gasteiger partial charge >= 0.3 is 0 Å². The summed E-state index contributed by atoms with van der Waals surface area (Å²) in [7, 11) is 0. The topological polar surface area (TPSA) is 32.8 Å². The molecular weight excluding hydrogens is 917 g/mol. The van der Waals surface area contributed by atoms with Crippen molar-refractivity contribution in [1.29, 1.82) is 0 Å². The molecule has 0 amide bonds. The molecule has 4 nitrogen and oxygen atoms in total. The van der Waals surface area contributed by atoms with Gasteiger partial charge in [0.15, 0.2) is 0 Å². The van der Waals surface area contributed by atoms with Gasteiger partial charge in [-0.3, -0.25) is 0 Å². The van der Waals surface area contributed by atoms with E-state index in [-0.39, 0.29) is 0 Å². The molecule has 0 spiro atoms. The van der Waals surface area contributed by atoms with Gasteiger partial charge in [-0.2, -0.15) is 0 Å². The molecule has 6 heteroatoms. The average Bonchev–Trinajstić information content (AvgIpc) is 4.19. The Balaban J connectivity index is 0.780. The van der Waals surface area contributed by atoms with Crippen molar-refractivity contribution in [3.63, 3.8) is 0 Å². The highest BCUT2D eigenvalue weighted by molar-refractivity contribution is 7.26. The predicted molar refractivity (Wildman–Crippen MR) is 309 cm³/mol. The number of benzene rings is 12. The molecule has 4 aromatic heterocycles. The molecule has 0 aliphatic rings. The highest BCUT2D eigenvalue weighted by Gasteiger charge is 2.21. The maximum atomic E-state index is 6.79. The molecule has 0 aliphatic heterocycles. The van der Waals surface area contributed by atoms with Crippen molar-refractivity contribution in [2.24, 2.45) is 0 Å². The Morgan fingerprint density at radius 2 is 0.625 bits per heavy atom. The first-order chi connectivity index (χ1) is 35.6. The number of thiophene rings is 2. The van der Waals surface area contributed by atoms with Crippen molar-refractivity contribution in [2.75, 3.05) is 9.80 Å². The third-order valence-electron chi connectivity index (χ3n) is 14.7. The van der Waals surface area contributed by atoms with E-state index in [1.807, 2.05) is 22.7 Å². The SMILES string of the molecule is c1ccc(N(c2ccc3c(c2)oc2cc4cc5c(cc4cc23)oc2cc(N(c3ccccc3)c3ccc4c(c3)sc3ccc6ccccc6c34)ccc25)c2ccc3c(c2)sc2ccc4ccccc4c23)cc1. The van der Waals surface area contributed by atoms with Crippen molar-refractivity contribution < 1.29 is 8.83 Å². The largest absolute Gasteiger partial charge is 0.456 e. The van der Waals surface area contributed by atoms with Crippen molar-refractivity contribution in [1.82, 2.24) is 0 Å². The van der Waals surface area contributed by atoms with Gasteiger partial charge in [-0.1, -0.05) is 109 Å². The van der Waals surface area contributed by atoms with E-state index in [1.165, 1.54) is 61.9 Å². The van der Waals surface area contributed by atoms with Gasteiger partial charge in [-0.15, -0.1) is 22.7 Å². The first kappa shape index (κ1) is 39.9. The molecule has 12 aromatic carbocycles. The normalized spacial score (nSPS) is 12.2. The van der Waals surface area contributed by atoms with Crippen LogP contribution < -0.4 is 9.80 Å². The first-order valence-corrected chi connectivity index (χ1v) is 25.9. The minimum absolute atomic E-state index is 0.845. The number of anilines is 6. The second-order valence-electron chi connectivity index (χ2n) is 18.8. The van der Waals surface area contributed by atoms with Gasteiger partial charge in [0.2, 0.25) is 0 Å². The van der Waals surface area contributed by atoms with Crippen LogP contribution in [0.15, 0.2) is 239 Å². The molecule has 0 unspecified atom stereocenters. The Morgan fingerprint density at radius 3 is 1.08 bits per heavy atom. The van der Waals surface area contributed by atoms with Crippen LogP contribution in [0.5, 0.6) is 0 Å². The molecule has 0 N–H and O–H groups in total. The Labute approximate surface area is 420 Å². The summed E-state index contributed by atoms with van der Waals surface area (Å²) < 4.78 is 18.7. The Morgan fingerprint density at radius 1 is 0.236 bits per heavy atom. The van der Waals surface area contributed by atoms with E-state index >= 15 is 0 Å². The van der Waals surface area contributed by atoms with E-state index in [0.29, 0.717) is 0 Å². The van der Waals surface area contributed by atoms with Crippen LogP contribution in [0.3, 0.4) is 0 Å². The lowest BCUT2D eigenvalue weighted by Gasteiger charge is -2.25. The lowest BCUT2D eigenvalue weighted by molar-refractivity contribution is 0.668. The molecule has 0 radical (unpaired) electrons. The van der Waals surface area contributed by atoms with Crippen molar-refractivity contribution in [2.45, 2.75) is 0 Å². The minimum atomic E-state index is 0.845. The smallest absolute Gasteiger partial charge is 0.137 e. The third kappa shape index (κ3) is 6.03. The lowest BCUT2D eigenvalue weighted by Crippen LogP contribution is -2.09. The van der Waals surface area contributed by atoms with Crippen LogP contribution in [0.1, 0.15) is 0 Å². The molecule has 0 saturated heterocycles. The number of furan rings is 2. The molecule has 0 saturated carbocycles. The van der Waals surface area contributed by atoms with Crippen LogP contribution in [0.4, 0.5) is 34.1 Å². The van der Waals surface area contributed by atoms with E-state index in [0.717, 1.165) is 88.8 Å². The molecular formula is C66H38N2O2S2. The second-order valence-corrected chi connectivity index (χ2v) is 21.0. The standard InChI is InChI=1S/C66H38N2O2S2/c1-3-13-43(14-4-1)67(47-23-27-53-63(37-47)71-61-29-19-39-11-7-9-17-49(39)65(53)61)45-21-25-51-55-31-41-34-58-56(32-42(41)33-57(55)69-59(51)35-45)52-26-22-46(36-60(52)70-58)68(44-15-5-2-6-16-44)48-24-28-54-64(38-48)72-62-30-20-40-12-8-10-18-50(40)66(54)62/h1-38H. The molecule has 16 aromatic rings. The second kappa shape index (κ2) is 15.3. The Hall–Kier alpha value is -8.94. The monoisotopic (exact) mass is 954 g/mol. The molecule has 16 rings (SSSR count). The minimum Gasteiger partial charge on any atom is -0.456 e. The molecule has 0 bridgehead atoms. The maximum Gasteiger partial charge on any atom is 0.137 e. The molecule has 0 fully saturated rings. The van der Waals surface area contributed by atoms with Crippen molar-refractivity contribution in [3.8, 4) is 0 Å². The summed E-state index contributed by atoms with van der Waals surface area (Å²) in [6, 6.07) is 83.5. The highest BCUT2D eigenvalue weighted by atomic mass is 32.1. The van der Waals surface area contributed by atoms with Gasteiger partial charge in [0.1, 0.15) is 22.3 Å². The van der Waals surface area contributed by atoms with Crippen molar-refractivity contribution >= 4 is 173 Å². The van der Waals surface area contributed by atoms with E-state index in [9.17, 15) is 0 Å². The number of rotatable bonds is 6. The van der Waals surface area contributed by atoms with Gasteiger partial charge in [-0.25, -0.2) is 0 Å². The summed E-state index contributed by atoms with van der Waals surface area (Å²) in [6.45, 7) is 0. The third-order valence-corrected chi connectivity index (χ3v) is 17.0. The van der Waals surface area contributed by atoms with Gasteiger partial charge in [0.25, 0.3) is 0 Å². The zero-order valence-corrected chi connectivity index (χ0v) is 40.1. The fourth-order valence-corrected chi connectivity index (χ4v) is 13.8. The van der Waals surface area contributed by atoms with Crippen LogP contribution in [-0.4, -0.2) is 0 Å². The Kier molecular flexibility index (Phi) is 8.46. The van der Waals surface area contributed by atoms with E-state index in [1.54, 1.807) is 0 Å². The number of nitrogens with zero attached hydrogens (tertiary/aromatic N) is 2. The summed E-state index contributed by atoms with van der Waals surface area (Å²) in [5, 5.41) is 16.9. The lowest BCUT2D eigenvalue weighted by atomic mass is 10.0. The number of fused-ring (bicyclic) bond motifs is 17. The van der Waals surface area contributed by atoms with Crippen LogP contribution in [0.25, 0.3) is 117 Å². The number of hydrogen-bond donors (Lipinski definition) is 0. The first-order valence-electron chi connectivity index (χ1n) is 24.3. The molecule has 72 heavy (non-hydrogen) atoms. The predicted octanol–water partition coefficient (Wildman–Crippen LogP) is 20.6. The summed E-state index contributed by atoms with van der Waals surface area (Å²) in [5.74, 6) is 0. The maximum absolute atomic E-state index is 6.79.